The van der Waals surface area contributed by atoms with Crippen molar-refractivity contribution in [3.8, 4) is 0 Å². The Balaban J connectivity index is 0. The van der Waals surface area contributed by atoms with Crippen LogP contribution < -0.4 is 29.6 Å². The quantitative estimate of drug-likeness (QED) is 0.390. The summed E-state index contributed by atoms with van der Waals surface area (Å²) in [6, 6.07) is 0. The van der Waals surface area contributed by atoms with Crippen LogP contribution in [-0.4, -0.2) is 121 Å². The van der Waals surface area contributed by atoms with Crippen LogP contribution in [0.1, 0.15) is 0 Å². The van der Waals surface area contributed by atoms with Crippen LogP contribution in [0, 0.1) is 0 Å². The molecule has 0 radical (unpaired) electrons. The van der Waals surface area contributed by atoms with Crippen LogP contribution in [0.2, 0.25) is 0 Å². The van der Waals surface area contributed by atoms with E-state index < -0.39 is 0 Å². The minimum Gasteiger partial charge on any atom is -0.870 e. The van der Waals surface area contributed by atoms with Gasteiger partial charge in [0.2, 0.25) is 0 Å². The second kappa shape index (κ2) is 489. The Kier molecular flexibility index (Phi) is 20800. The van der Waals surface area contributed by atoms with E-state index in [0.717, 1.165) is 0 Å². The van der Waals surface area contributed by atoms with Gasteiger partial charge in [-0.15, -0.1) is 0 Å². The van der Waals surface area contributed by atoms with Gasteiger partial charge in [-0.3, -0.25) is 0 Å². The third kappa shape index (κ3) is 397. The maximum absolute atomic E-state index is 0. The third-order valence-electron chi connectivity index (χ3n) is 0. The summed E-state index contributed by atoms with van der Waals surface area (Å²) < 4.78 is 0. The first kappa shape index (κ1) is 594. The number of hydrogen-bond donors (Lipinski definition) is 0. The zero-order valence-electron chi connectivity index (χ0n) is 6.97. The SMILES string of the molecule is O.O.O.O.[Al+3].[Ca+2].[Na+].[OH-].[OH-].[OH-].[OH-].[OH-].[OH-].[SiH4]. The molecule has 88 valence electrons. The van der Waals surface area contributed by atoms with Crippen molar-refractivity contribution < 1.29 is 84.3 Å². The summed E-state index contributed by atoms with van der Waals surface area (Å²) in [7, 11) is 0. The van der Waals surface area contributed by atoms with E-state index in [2.05, 4.69) is 0 Å². The van der Waals surface area contributed by atoms with E-state index in [1.807, 2.05) is 0 Å². The summed E-state index contributed by atoms with van der Waals surface area (Å²) in [5.74, 6) is 0. The predicted molar refractivity (Wildman–Crippen MR) is 48.9 cm³/mol. The molecule has 0 aromatic carbocycles. The van der Waals surface area contributed by atoms with Crippen molar-refractivity contribution in [2.75, 3.05) is 0 Å². The molecule has 0 spiro atoms. The van der Waals surface area contributed by atoms with Crippen LogP contribution in [0.3, 0.4) is 0 Å². The molecule has 0 rings (SSSR count). The van der Waals surface area contributed by atoms with Crippen molar-refractivity contribution >= 4 is 66.1 Å². The first-order chi connectivity index (χ1) is 0. The first-order valence-corrected chi connectivity index (χ1v) is 0. The zero-order valence-corrected chi connectivity index (χ0v) is 12.3. The van der Waals surface area contributed by atoms with Gasteiger partial charge in [-0.2, -0.15) is 0 Å². The minimum atomic E-state index is 0. The molecule has 0 bridgehead atoms. The molecular formula is H18AlCaNaO10Si. The summed E-state index contributed by atoms with van der Waals surface area (Å²) in [6.07, 6.45) is 0. The molecule has 0 unspecified atom stereocenters. The Morgan fingerprint density at radius 3 is 0.429 bits per heavy atom. The summed E-state index contributed by atoms with van der Waals surface area (Å²) in [5.41, 5.74) is 0. The topological polar surface area (TPSA) is 306 Å². The van der Waals surface area contributed by atoms with E-state index in [1.54, 1.807) is 0 Å². The molecule has 14 heavy (non-hydrogen) atoms. The van der Waals surface area contributed by atoms with E-state index in [9.17, 15) is 0 Å². The molecule has 0 aromatic rings. The molecule has 0 atom stereocenters. The average Bonchev–Trinajstić information content (AvgIpc) is 0. The Morgan fingerprint density at radius 1 is 0.429 bits per heavy atom. The molecule has 0 aliphatic rings. The molecule has 0 saturated carbocycles. The average molecular weight is 296 g/mol. The maximum atomic E-state index is 0. The summed E-state index contributed by atoms with van der Waals surface area (Å²) in [4.78, 5) is 0. The van der Waals surface area contributed by atoms with Crippen molar-refractivity contribution in [2.24, 2.45) is 0 Å². The minimum absolute atomic E-state index is 0. The molecule has 0 heterocycles. The third-order valence-corrected chi connectivity index (χ3v) is 0. The smallest absolute Gasteiger partial charge is 0.870 e. The van der Waals surface area contributed by atoms with Crippen LogP contribution in [-0.2, 0) is 0 Å². The molecule has 0 saturated heterocycles. The molecule has 0 aliphatic heterocycles. The first-order valence-electron chi connectivity index (χ1n) is 0. The maximum Gasteiger partial charge on any atom is 3.00 e. The van der Waals surface area contributed by atoms with E-state index >= 15 is 0 Å². The van der Waals surface area contributed by atoms with Crippen molar-refractivity contribution in [3.63, 3.8) is 0 Å². The van der Waals surface area contributed by atoms with Gasteiger partial charge in [0.1, 0.15) is 0 Å². The van der Waals surface area contributed by atoms with Crippen LogP contribution in [0.15, 0.2) is 0 Å². The number of hydrogen-bond acceptors (Lipinski definition) is 6. The van der Waals surface area contributed by atoms with E-state index in [1.165, 1.54) is 0 Å². The Labute approximate surface area is 148 Å². The van der Waals surface area contributed by atoms with Gasteiger partial charge in [-0.05, 0) is 11.0 Å². The van der Waals surface area contributed by atoms with Gasteiger partial charge in [-0.1, -0.05) is 0 Å². The van der Waals surface area contributed by atoms with Crippen LogP contribution in [0.5, 0.6) is 0 Å². The van der Waals surface area contributed by atoms with Gasteiger partial charge in [0, 0.05) is 0 Å². The molecular weight excluding hydrogens is 278 g/mol. The van der Waals surface area contributed by atoms with Crippen molar-refractivity contribution in [1.29, 1.82) is 0 Å². The fourth-order valence-corrected chi connectivity index (χ4v) is 0. The van der Waals surface area contributed by atoms with Crippen molar-refractivity contribution in [3.05, 3.63) is 0 Å². The van der Waals surface area contributed by atoms with Crippen LogP contribution in [0.4, 0.5) is 0 Å². The summed E-state index contributed by atoms with van der Waals surface area (Å²) in [6.45, 7) is 0. The summed E-state index contributed by atoms with van der Waals surface area (Å²) in [5, 5.41) is 0. The van der Waals surface area contributed by atoms with Crippen LogP contribution in [0.25, 0.3) is 0 Å². The largest absolute Gasteiger partial charge is 3.00 e. The van der Waals surface area contributed by atoms with E-state index in [-0.39, 0.29) is 150 Å². The summed E-state index contributed by atoms with van der Waals surface area (Å²) >= 11 is 0. The van der Waals surface area contributed by atoms with Gasteiger partial charge in [0.25, 0.3) is 0 Å². The van der Waals surface area contributed by atoms with E-state index in [0.29, 0.717) is 0 Å². The second-order valence-electron chi connectivity index (χ2n) is 0. The molecule has 14 heteroatoms. The number of rotatable bonds is 0. The Bertz CT molecular complexity index is 20.1. The van der Waals surface area contributed by atoms with Gasteiger partial charge in [0.05, 0.1) is 0 Å². The second-order valence-corrected chi connectivity index (χ2v) is 0. The van der Waals surface area contributed by atoms with Gasteiger partial charge >= 0.3 is 84.7 Å². The predicted octanol–water partition coefficient (Wildman–Crippen LogP) is -9.57. The van der Waals surface area contributed by atoms with Crippen molar-refractivity contribution in [2.45, 2.75) is 0 Å². The molecule has 0 aromatic heterocycles. The standard InChI is InChI=1S/Al.Ca.Na.10H2O.H4Si/h;;;10*1H2;1H4/q+3;+2;+1;;;;;;;;;;;/p-6. The van der Waals surface area contributed by atoms with Gasteiger partial charge in [-0.25, -0.2) is 0 Å². The van der Waals surface area contributed by atoms with Gasteiger partial charge < -0.3 is 54.8 Å². The van der Waals surface area contributed by atoms with Crippen LogP contribution >= 0.6 is 0 Å². The fraction of sp³-hybridized carbons (Fsp3) is 0. The fourth-order valence-electron chi connectivity index (χ4n) is 0. The molecule has 10 nitrogen and oxygen atoms in total. The van der Waals surface area contributed by atoms with E-state index in [4.69, 9.17) is 0 Å². The molecule has 14 N–H and O–H groups in total. The van der Waals surface area contributed by atoms with Crippen molar-refractivity contribution in [1.82, 2.24) is 0 Å². The van der Waals surface area contributed by atoms with Gasteiger partial charge in [0.15, 0.2) is 0 Å². The zero-order chi connectivity index (χ0) is 0. The Morgan fingerprint density at radius 2 is 0.429 bits per heavy atom. The monoisotopic (exact) mass is 296 g/mol. The molecule has 0 fully saturated rings. The normalized spacial score (nSPS) is 0. The molecule has 0 amide bonds. The molecule has 0 aliphatic carbocycles. The Hall–Kier alpha value is 2.61.